The lowest BCUT2D eigenvalue weighted by Gasteiger charge is -2.02. The standard InChI is InChI=1S/C12H12N4S/c13-12(17)16-15-8-6-11-10-4-2-1-3-9(10)5-7-14-11/h1-5,7-8H,6H2,(H3,13,16,17)/b15-8+. The van der Waals surface area contributed by atoms with Gasteiger partial charge < -0.3 is 5.73 Å². The number of aromatic nitrogens is 1. The molecule has 0 unspecified atom stereocenters. The molecule has 0 aliphatic carbocycles. The summed E-state index contributed by atoms with van der Waals surface area (Å²) in [5.74, 6) is 0. The van der Waals surface area contributed by atoms with Crippen LogP contribution in [-0.2, 0) is 6.42 Å². The summed E-state index contributed by atoms with van der Waals surface area (Å²) >= 11 is 4.64. The average Bonchev–Trinajstić information content (AvgIpc) is 2.34. The Labute approximate surface area is 105 Å². The molecule has 0 aliphatic heterocycles. The van der Waals surface area contributed by atoms with E-state index in [0.717, 1.165) is 11.1 Å². The van der Waals surface area contributed by atoms with E-state index in [-0.39, 0.29) is 5.11 Å². The number of rotatable bonds is 3. The highest BCUT2D eigenvalue weighted by molar-refractivity contribution is 7.80. The second-order valence-corrected chi connectivity index (χ2v) is 3.91. The molecule has 0 amide bonds. The smallest absolute Gasteiger partial charge is 0.184 e. The van der Waals surface area contributed by atoms with Crippen LogP contribution in [0.5, 0.6) is 0 Å². The van der Waals surface area contributed by atoms with Crippen molar-refractivity contribution in [3.8, 4) is 0 Å². The predicted octanol–water partition coefficient (Wildman–Crippen LogP) is 1.60. The van der Waals surface area contributed by atoms with Crippen LogP contribution in [0.15, 0.2) is 41.6 Å². The number of nitrogens with one attached hydrogen (secondary N) is 1. The Morgan fingerprint density at radius 2 is 2.24 bits per heavy atom. The van der Waals surface area contributed by atoms with E-state index in [4.69, 9.17) is 5.73 Å². The lowest BCUT2D eigenvalue weighted by atomic mass is 10.1. The third kappa shape index (κ3) is 2.98. The number of nitrogens with two attached hydrogens (primary N) is 1. The maximum Gasteiger partial charge on any atom is 0.184 e. The summed E-state index contributed by atoms with van der Waals surface area (Å²) in [7, 11) is 0. The van der Waals surface area contributed by atoms with E-state index in [1.54, 1.807) is 12.4 Å². The molecule has 0 radical (unpaired) electrons. The van der Waals surface area contributed by atoms with Crippen LogP contribution in [0.4, 0.5) is 0 Å². The zero-order valence-corrected chi connectivity index (χ0v) is 9.95. The molecule has 5 heteroatoms. The topological polar surface area (TPSA) is 63.3 Å². The molecule has 2 aromatic rings. The number of thiocarbonyl (C=S) groups is 1. The molecule has 1 aromatic carbocycles. The monoisotopic (exact) mass is 244 g/mol. The number of nitrogens with zero attached hydrogens (tertiary/aromatic N) is 2. The van der Waals surface area contributed by atoms with Crippen LogP contribution in [0.1, 0.15) is 5.69 Å². The van der Waals surface area contributed by atoms with Gasteiger partial charge in [-0.15, -0.1) is 0 Å². The lowest BCUT2D eigenvalue weighted by Crippen LogP contribution is -2.24. The first-order valence-corrected chi connectivity index (χ1v) is 5.58. The van der Waals surface area contributed by atoms with Gasteiger partial charge >= 0.3 is 0 Å². The third-order valence-electron chi connectivity index (χ3n) is 2.31. The Hall–Kier alpha value is -2.01. The highest BCUT2D eigenvalue weighted by atomic mass is 32.1. The first kappa shape index (κ1) is 11.5. The number of hydrogen-bond acceptors (Lipinski definition) is 3. The minimum absolute atomic E-state index is 0.159. The van der Waals surface area contributed by atoms with Gasteiger partial charge in [0.1, 0.15) is 0 Å². The van der Waals surface area contributed by atoms with Crippen molar-refractivity contribution >= 4 is 34.3 Å². The van der Waals surface area contributed by atoms with E-state index >= 15 is 0 Å². The fraction of sp³-hybridized carbons (Fsp3) is 0.0833. The molecule has 4 nitrogen and oxygen atoms in total. The van der Waals surface area contributed by atoms with E-state index in [2.05, 4.69) is 33.8 Å². The van der Waals surface area contributed by atoms with Crippen LogP contribution in [0.2, 0.25) is 0 Å². The summed E-state index contributed by atoms with van der Waals surface area (Å²) in [5, 5.41) is 6.36. The van der Waals surface area contributed by atoms with Gasteiger partial charge in [-0.25, -0.2) is 0 Å². The van der Waals surface area contributed by atoms with Crippen LogP contribution in [-0.4, -0.2) is 16.3 Å². The molecule has 17 heavy (non-hydrogen) atoms. The van der Waals surface area contributed by atoms with Crippen molar-refractivity contribution in [1.82, 2.24) is 10.4 Å². The van der Waals surface area contributed by atoms with E-state index < -0.39 is 0 Å². The van der Waals surface area contributed by atoms with Gasteiger partial charge in [0.05, 0.1) is 5.69 Å². The van der Waals surface area contributed by atoms with Crippen molar-refractivity contribution in [2.75, 3.05) is 0 Å². The van der Waals surface area contributed by atoms with Crippen LogP contribution < -0.4 is 11.2 Å². The number of pyridine rings is 1. The largest absolute Gasteiger partial charge is 0.375 e. The molecule has 0 spiro atoms. The van der Waals surface area contributed by atoms with E-state index in [0.29, 0.717) is 6.42 Å². The molecular weight excluding hydrogens is 232 g/mol. The van der Waals surface area contributed by atoms with Crippen molar-refractivity contribution in [2.45, 2.75) is 6.42 Å². The fourth-order valence-corrected chi connectivity index (χ4v) is 1.64. The van der Waals surface area contributed by atoms with Gasteiger partial charge in [0.15, 0.2) is 5.11 Å². The van der Waals surface area contributed by atoms with Crippen molar-refractivity contribution in [1.29, 1.82) is 0 Å². The Kier molecular flexibility index (Phi) is 3.62. The van der Waals surface area contributed by atoms with Crippen LogP contribution in [0.3, 0.4) is 0 Å². The molecular formula is C12H12N4S. The van der Waals surface area contributed by atoms with Crippen molar-refractivity contribution in [3.63, 3.8) is 0 Å². The molecule has 1 aromatic heterocycles. The SMILES string of the molecule is NC(=S)N/N=C/Cc1nccc2ccccc12. The Balaban J connectivity index is 2.18. The second-order valence-electron chi connectivity index (χ2n) is 3.47. The Morgan fingerprint density at radius 1 is 1.41 bits per heavy atom. The summed E-state index contributed by atoms with van der Waals surface area (Å²) in [6.07, 6.45) is 4.14. The van der Waals surface area contributed by atoms with Crippen LogP contribution in [0, 0.1) is 0 Å². The van der Waals surface area contributed by atoms with Gasteiger partial charge in [0, 0.05) is 24.2 Å². The molecule has 2 rings (SSSR count). The lowest BCUT2D eigenvalue weighted by molar-refractivity contribution is 1.03. The minimum Gasteiger partial charge on any atom is -0.375 e. The molecule has 1 heterocycles. The predicted molar refractivity (Wildman–Crippen MR) is 73.9 cm³/mol. The van der Waals surface area contributed by atoms with Gasteiger partial charge in [0.25, 0.3) is 0 Å². The first-order valence-electron chi connectivity index (χ1n) is 5.17. The van der Waals surface area contributed by atoms with Crippen LogP contribution in [0.25, 0.3) is 10.8 Å². The molecule has 0 fully saturated rings. The van der Waals surface area contributed by atoms with Crippen LogP contribution >= 0.6 is 12.2 Å². The summed E-state index contributed by atoms with van der Waals surface area (Å²) < 4.78 is 0. The van der Waals surface area contributed by atoms with Gasteiger partial charge in [-0.05, 0) is 23.7 Å². The fourth-order valence-electron chi connectivity index (χ4n) is 1.59. The highest BCUT2D eigenvalue weighted by Gasteiger charge is 1.99. The third-order valence-corrected chi connectivity index (χ3v) is 2.40. The summed E-state index contributed by atoms with van der Waals surface area (Å²) in [6.45, 7) is 0. The van der Waals surface area contributed by atoms with Gasteiger partial charge in [-0.2, -0.15) is 5.10 Å². The second kappa shape index (κ2) is 5.36. The maximum atomic E-state index is 5.25. The van der Waals surface area contributed by atoms with E-state index in [9.17, 15) is 0 Å². The number of hydrazone groups is 1. The zero-order chi connectivity index (χ0) is 12.1. The zero-order valence-electron chi connectivity index (χ0n) is 9.13. The van der Waals surface area contributed by atoms with Gasteiger partial charge in [0.2, 0.25) is 0 Å². The summed E-state index contributed by atoms with van der Waals surface area (Å²) in [5.41, 5.74) is 8.75. The maximum absolute atomic E-state index is 5.25. The number of hydrogen-bond donors (Lipinski definition) is 2. The Morgan fingerprint density at radius 3 is 3.06 bits per heavy atom. The molecule has 0 bridgehead atoms. The van der Waals surface area contributed by atoms with Crippen molar-refractivity contribution in [3.05, 3.63) is 42.2 Å². The quantitative estimate of drug-likeness (QED) is 0.489. The van der Waals surface area contributed by atoms with Gasteiger partial charge in [-0.1, -0.05) is 24.3 Å². The minimum atomic E-state index is 0.159. The Bertz CT molecular complexity index is 560. The molecule has 0 saturated carbocycles. The summed E-state index contributed by atoms with van der Waals surface area (Å²) in [4.78, 5) is 4.34. The highest BCUT2D eigenvalue weighted by Crippen LogP contribution is 2.15. The summed E-state index contributed by atoms with van der Waals surface area (Å²) in [6, 6.07) is 10.1. The molecule has 86 valence electrons. The first-order chi connectivity index (χ1) is 8.27. The van der Waals surface area contributed by atoms with Crippen molar-refractivity contribution in [2.24, 2.45) is 10.8 Å². The molecule has 0 saturated heterocycles. The molecule has 3 N–H and O–H groups in total. The normalized spacial score (nSPS) is 10.8. The van der Waals surface area contributed by atoms with E-state index in [1.807, 2.05) is 24.3 Å². The van der Waals surface area contributed by atoms with Gasteiger partial charge in [-0.3, -0.25) is 10.4 Å². The van der Waals surface area contributed by atoms with Crippen molar-refractivity contribution < 1.29 is 0 Å². The van der Waals surface area contributed by atoms with E-state index in [1.165, 1.54) is 5.39 Å². The molecule has 0 atom stereocenters. The molecule has 0 aliphatic rings. The number of benzene rings is 1. The average molecular weight is 244 g/mol. The number of fused-ring (bicyclic) bond motifs is 1.